The highest BCUT2D eigenvalue weighted by atomic mass is 35.5. The fourth-order valence-corrected chi connectivity index (χ4v) is 9.35. The van der Waals surface area contributed by atoms with Gasteiger partial charge in [-0.1, -0.05) is 58.0 Å². The van der Waals surface area contributed by atoms with E-state index in [0.29, 0.717) is 59.0 Å². The molecule has 1 fully saturated rings. The summed E-state index contributed by atoms with van der Waals surface area (Å²) in [7, 11) is -1.78. The Hall–Kier alpha value is -3.97. The van der Waals surface area contributed by atoms with Crippen LogP contribution in [0.1, 0.15) is 81.3 Å². The van der Waals surface area contributed by atoms with Gasteiger partial charge in [0.25, 0.3) is 0 Å². The van der Waals surface area contributed by atoms with Crippen LogP contribution in [0.4, 0.5) is 4.39 Å². The first-order chi connectivity index (χ1) is 25.0. The molecule has 1 aliphatic carbocycles. The van der Waals surface area contributed by atoms with Crippen molar-refractivity contribution < 1.29 is 27.4 Å². The number of benzene rings is 3. The molecule has 286 valence electrons. The molecule has 1 aliphatic heterocycles. The second-order valence-corrected chi connectivity index (χ2v) is 15.8. The zero-order valence-corrected chi connectivity index (χ0v) is 31.8. The summed E-state index contributed by atoms with van der Waals surface area (Å²) in [6.45, 7) is 9.06. The number of aryl methyl sites for hydroxylation is 3. The third-order valence-electron chi connectivity index (χ3n) is 9.84. The first-order valence-corrected chi connectivity index (χ1v) is 20.1. The van der Waals surface area contributed by atoms with Gasteiger partial charge in [0, 0.05) is 47.2 Å². The first kappa shape index (κ1) is 40.2. The number of carboxylic acids is 1. The number of carboxylic acid groups (broad SMARTS) is 1. The van der Waals surface area contributed by atoms with E-state index in [-0.39, 0.29) is 50.2 Å². The molecule has 0 radical (unpaired) electrons. The summed E-state index contributed by atoms with van der Waals surface area (Å²) in [6, 6.07) is 13.7. The van der Waals surface area contributed by atoms with E-state index in [1.807, 2.05) is 38.2 Å². The predicted octanol–water partition coefficient (Wildman–Crippen LogP) is 8.21. The lowest BCUT2D eigenvalue weighted by molar-refractivity contribution is 0.0684. The summed E-state index contributed by atoms with van der Waals surface area (Å²) >= 11 is 7.02. The Morgan fingerprint density at radius 2 is 1.81 bits per heavy atom. The minimum atomic E-state index is -3.63. The van der Waals surface area contributed by atoms with Crippen LogP contribution in [0.15, 0.2) is 48.5 Å². The van der Waals surface area contributed by atoms with Crippen molar-refractivity contribution in [1.29, 1.82) is 0 Å². The van der Waals surface area contributed by atoms with Gasteiger partial charge in [-0.2, -0.15) is 9.40 Å². The molecule has 13 heteroatoms. The van der Waals surface area contributed by atoms with Crippen LogP contribution >= 0.6 is 11.6 Å². The lowest BCUT2D eigenvalue weighted by atomic mass is 9.97. The van der Waals surface area contributed by atoms with Crippen molar-refractivity contribution in [3.05, 3.63) is 82.0 Å². The molecule has 3 aromatic carbocycles. The van der Waals surface area contributed by atoms with E-state index in [9.17, 15) is 22.7 Å². The maximum Gasteiger partial charge on any atom is 0.352 e. The third kappa shape index (κ3) is 8.25. The number of nitrogens with one attached hydrogen (secondary N) is 1. The number of sulfonamides is 1. The average Bonchev–Trinajstić information content (AvgIpc) is 3.83. The molecule has 3 heterocycles. The second-order valence-electron chi connectivity index (χ2n) is 13.3. The molecule has 10 nitrogen and oxygen atoms in total. The monoisotopic (exact) mass is 767 g/mol. The van der Waals surface area contributed by atoms with Gasteiger partial charge in [0.2, 0.25) is 10.0 Å². The summed E-state index contributed by atoms with van der Waals surface area (Å²) in [5.41, 5.74) is 4.43. The number of halogens is 2. The van der Waals surface area contributed by atoms with Crippen molar-refractivity contribution in [1.82, 2.24) is 24.0 Å². The average molecular weight is 768 g/mol. The molecule has 1 saturated carbocycles. The number of nitrogens with zero attached hydrogens (tertiary/aromatic N) is 4. The highest BCUT2D eigenvalue weighted by Gasteiger charge is 2.39. The van der Waals surface area contributed by atoms with Crippen LogP contribution in [0, 0.1) is 5.82 Å². The molecule has 2 aliphatic rings. The Kier molecular flexibility index (Phi) is 12.9. The van der Waals surface area contributed by atoms with Gasteiger partial charge in [-0.3, -0.25) is 4.68 Å². The molecule has 0 unspecified atom stereocenters. The molecule has 7 rings (SSSR count). The molecule has 2 aromatic heterocycles. The molecule has 53 heavy (non-hydrogen) atoms. The molecule has 0 bridgehead atoms. The fourth-order valence-electron chi connectivity index (χ4n) is 7.40. The molecule has 0 amide bonds. The lowest BCUT2D eigenvalue weighted by Gasteiger charge is -2.21. The Balaban J connectivity index is 0.000000847. The Bertz CT molecular complexity index is 2210. The van der Waals surface area contributed by atoms with Crippen molar-refractivity contribution in [2.24, 2.45) is 7.05 Å². The highest BCUT2D eigenvalue weighted by molar-refractivity contribution is 7.89. The number of hydrogen-bond donors (Lipinski definition) is 2. The smallest absolute Gasteiger partial charge is 0.352 e. The second kappa shape index (κ2) is 17.0. The number of fused-ring (bicyclic) bond motifs is 3. The van der Waals surface area contributed by atoms with Crippen molar-refractivity contribution in [2.75, 3.05) is 25.4 Å². The standard InChI is InChI=1S/C35H36ClFN4O5S.C4H11N.CH4/c1-3-29-32-28(38-39(29)2)20-41(23-11-12-23)47(44,45)18-6-16-40-33-26(14-15-27(36)31(32)33)25(34(40)35(42)43)8-5-17-46-30-9-4-7-21-19-22(37)10-13-24(21)30;1-3-5-4-2;/h4,7,9-10,13-15,19,23H,3,5-6,8,11-12,16-18,20H2,1-2H3,(H,42,43);5H,3-4H2,1-2H3;1H4. The van der Waals surface area contributed by atoms with Gasteiger partial charge in [0.15, 0.2) is 0 Å². The van der Waals surface area contributed by atoms with Gasteiger partial charge >= 0.3 is 5.97 Å². The minimum Gasteiger partial charge on any atom is -0.493 e. The van der Waals surface area contributed by atoms with Gasteiger partial charge < -0.3 is 19.7 Å². The number of hydrogen-bond acceptors (Lipinski definition) is 6. The van der Waals surface area contributed by atoms with Gasteiger partial charge in [-0.25, -0.2) is 17.6 Å². The van der Waals surface area contributed by atoms with Crippen LogP contribution in [-0.4, -0.2) is 69.6 Å². The normalized spacial score (nSPS) is 15.6. The fraction of sp³-hybridized carbons (Fsp3) is 0.450. The quantitative estimate of drug-likeness (QED) is 0.138. The van der Waals surface area contributed by atoms with E-state index in [2.05, 4.69) is 19.2 Å². The Morgan fingerprint density at radius 1 is 1.08 bits per heavy atom. The van der Waals surface area contributed by atoms with Crippen LogP contribution in [0.25, 0.3) is 32.8 Å². The van der Waals surface area contributed by atoms with Crippen molar-refractivity contribution in [2.45, 2.75) is 85.9 Å². The van der Waals surface area contributed by atoms with E-state index < -0.39 is 16.0 Å². The largest absolute Gasteiger partial charge is 0.493 e. The predicted molar refractivity (Wildman–Crippen MR) is 211 cm³/mol. The van der Waals surface area contributed by atoms with Gasteiger partial charge in [-0.15, -0.1) is 0 Å². The molecule has 0 saturated heterocycles. The van der Waals surface area contributed by atoms with Gasteiger partial charge in [0.05, 0.1) is 35.1 Å². The molecule has 0 spiro atoms. The maximum absolute atomic E-state index is 13.8. The number of rotatable bonds is 10. The van der Waals surface area contributed by atoms with Crippen molar-refractivity contribution in [3.63, 3.8) is 0 Å². The maximum atomic E-state index is 13.8. The molecule has 5 aromatic rings. The lowest BCUT2D eigenvalue weighted by Crippen LogP contribution is -2.35. The SMILES string of the molecule is C.CCNCC.CCc1c2c(nn1C)CN(C1CC1)S(=O)(=O)CCCn1c(C(=O)O)c(CCCOc3cccc4cc(F)ccc34)c3ccc(Cl)c-2c31. The summed E-state index contributed by atoms with van der Waals surface area (Å²) in [6.07, 6.45) is 3.41. The van der Waals surface area contributed by atoms with Crippen molar-refractivity contribution in [3.8, 4) is 16.9 Å². The van der Waals surface area contributed by atoms with E-state index in [0.717, 1.165) is 53.3 Å². The zero-order chi connectivity index (χ0) is 37.2. The third-order valence-corrected chi connectivity index (χ3v) is 12.1. The number of aromatic carboxylic acids is 1. The molecular weight excluding hydrogens is 717 g/mol. The van der Waals surface area contributed by atoms with Gasteiger partial charge in [-0.05, 0) is 92.9 Å². The number of aromatic nitrogens is 3. The van der Waals surface area contributed by atoms with Crippen molar-refractivity contribution >= 4 is 49.3 Å². The van der Waals surface area contributed by atoms with E-state index in [4.69, 9.17) is 21.4 Å². The van der Waals surface area contributed by atoms with Crippen LogP contribution in [0.3, 0.4) is 0 Å². The number of carbonyl (C=O) groups is 1. The Labute approximate surface area is 316 Å². The first-order valence-electron chi connectivity index (χ1n) is 18.1. The zero-order valence-electron chi connectivity index (χ0n) is 30.2. The number of ether oxygens (including phenoxy) is 1. The van der Waals surface area contributed by atoms with Crippen LogP contribution in [0.5, 0.6) is 5.75 Å². The van der Waals surface area contributed by atoms with E-state index >= 15 is 0 Å². The summed E-state index contributed by atoms with van der Waals surface area (Å²) < 4.78 is 52.4. The molecule has 0 atom stereocenters. The van der Waals surface area contributed by atoms with Crippen LogP contribution in [-0.2, 0) is 43.0 Å². The Morgan fingerprint density at radius 3 is 2.47 bits per heavy atom. The van der Waals surface area contributed by atoms with Crippen LogP contribution in [0.2, 0.25) is 5.02 Å². The van der Waals surface area contributed by atoms with E-state index in [1.54, 1.807) is 25.7 Å². The van der Waals surface area contributed by atoms with Gasteiger partial charge in [0.1, 0.15) is 17.3 Å². The summed E-state index contributed by atoms with van der Waals surface area (Å²) in [5, 5.41) is 21.3. The van der Waals surface area contributed by atoms with Crippen LogP contribution < -0.4 is 10.1 Å². The molecular formula is C40H51ClFN5O5S. The topological polar surface area (TPSA) is 119 Å². The summed E-state index contributed by atoms with van der Waals surface area (Å²) in [5.74, 6) is -0.877. The molecule has 2 N–H and O–H groups in total. The van der Waals surface area contributed by atoms with E-state index in [1.165, 1.54) is 12.1 Å². The minimum absolute atomic E-state index is 0. The highest BCUT2D eigenvalue weighted by Crippen LogP contribution is 2.44. The summed E-state index contributed by atoms with van der Waals surface area (Å²) in [4.78, 5) is 13.0.